The fourth-order valence-electron chi connectivity index (χ4n) is 2.48. The number of nitrogen functional groups attached to an aromatic ring is 1. The van der Waals surface area contributed by atoms with Crippen molar-refractivity contribution in [2.75, 3.05) is 5.73 Å². The van der Waals surface area contributed by atoms with Crippen LogP contribution < -0.4 is 5.73 Å². The Kier molecular flexibility index (Phi) is 2.76. The topological polar surface area (TPSA) is 26.0 Å². The second-order valence-electron chi connectivity index (χ2n) is 4.47. The van der Waals surface area contributed by atoms with Gasteiger partial charge < -0.3 is 5.73 Å². The Labute approximate surface area is 86.3 Å². The Morgan fingerprint density at radius 1 is 1.14 bits per heavy atom. The summed E-state index contributed by atoms with van der Waals surface area (Å²) in [6.07, 6.45) is 6.80. The summed E-state index contributed by atoms with van der Waals surface area (Å²) >= 11 is 0. The normalized spacial score (nSPS) is 18.4. The van der Waals surface area contributed by atoms with E-state index in [1.165, 1.54) is 43.2 Å². The van der Waals surface area contributed by atoms with E-state index in [4.69, 9.17) is 5.73 Å². The van der Waals surface area contributed by atoms with Crippen molar-refractivity contribution in [2.24, 2.45) is 0 Å². The minimum Gasteiger partial charge on any atom is -0.398 e. The highest BCUT2D eigenvalue weighted by atomic mass is 14.6. The van der Waals surface area contributed by atoms with Gasteiger partial charge >= 0.3 is 0 Å². The smallest absolute Gasteiger partial charge is 0.0352 e. The van der Waals surface area contributed by atoms with Gasteiger partial charge in [0, 0.05) is 5.69 Å². The molecule has 1 aliphatic carbocycles. The average Bonchev–Trinajstić information content (AvgIpc) is 2.19. The molecule has 76 valence electrons. The third-order valence-corrected chi connectivity index (χ3v) is 3.29. The number of aryl methyl sites for hydroxylation is 1. The molecule has 1 fully saturated rings. The van der Waals surface area contributed by atoms with E-state index in [-0.39, 0.29) is 0 Å². The zero-order valence-electron chi connectivity index (χ0n) is 8.92. The summed E-state index contributed by atoms with van der Waals surface area (Å²) in [5, 5.41) is 0. The number of nitrogens with two attached hydrogens (primary N) is 1. The van der Waals surface area contributed by atoms with Crippen LogP contribution in [0.2, 0.25) is 0 Å². The van der Waals surface area contributed by atoms with E-state index in [1.54, 1.807) is 0 Å². The first kappa shape index (κ1) is 9.57. The molecule has 0 saturated heterocycles. The molecule has 1 saturated carbocycles. The second kappa shape index (κ2) is 4.04. The lowest BCUT2D eigenvalue weighted by Crippen LogP contribution is -2.07. The molecular formula is C13H19N. The molecule has 0 heterocycles. The summed E-state index contributed by atoms with van der Waals surface area (Å²) in [7, 11) is 0. The number of rotatable bonds is 1. The summed E-state index contributed by atoms with van der Waals surface area (Å²) in [4.78, 5) is 0. The van der Waals surface area contributed by atoms with Gasteiger partial charge in [-0.25, -0.2) is 0 Å². The molecule has 2 N–H and O–H groups in total. The van der Waals surface area contributed by atoms with E-state index in [2.05, 4.69) is 25.1 Å². The zero-order valence-corrected chi connectivity index (χ0v) is 8.92. The molecule has 1 nitrogen and oxygen atoms in total. The molecule has 0 bridgehead atoms. The largest absolute Gasteiger partial charge is 0.398 e. The van der Waals surface area contributed by atoms with Crippen molar-refractivity contribution in [3.05, 3.63) is 29.3 Å². The highest BCUT2D eigenvalue weighted by molar-refractivity contribution is 5.50. The van der Waals surface area contributed by atoms with Gasteiger partial charge in [0.25, 0.3) is 0 Å². The van der Waals surface area contributed by atoms with Gasteiger partial charge in [-0.2, -0.15) is 0 Å². The summed E-state index contributed by atoms with van der Waals surface area (Å²) in [5.41, 5.74) is 9.70. The highest BCUT2D eigenvalue weighted by Gasteiger charge is 2.17. The van der Waals surface area contributed by atoms with Crippen LogP contribution in [0.4, 0.5) is 5.69 Å². The summed E-state index contributed by atoms with van der Waals surface area (Å²) in [5.74, 6) is 0.726. The lowest BCUT2D eigenvalue weighted by atomic mass is 9.83. The van der Waals surface area contributed by atoms with Crippen LogP contribution in [0.1, 0.15) is 49.1 Å². The van der Waals surface area contributed by atoms with Crippen molar-refractivity contribution in [2.45, 2.75) is 44.9 Å². The molecule has 0 amide bonds. The van der Waals surface area contributed by atoms with Gasteiger partial charge in [-0.1, -0.05) is 31.4 Å². The summed E-state index contributed by atoms with van der Waals surface area (Å²) in [6, 6.07) is 6.50. The van der Waals surface area contributed by atoms with Gasteiger partial charge in [0.2, 0.25) is 0 Å². The monoisotopic (exact) mass is 189 g/mol. The van der Waals surface area contributed by atoms with Crippen LogP contribution in [-0.2, 0) is 0 Å². The zero-order chi connectivity index (χ0) is 9.97. The van der Waals surface area contributed by atoms with Gasteiger partial charge in [0.05, 0.1) is 0 Å². The Morgan fingerprint density at radius 3 is 2.50 bits per heavy atom. The predicted molar refractivity (Wildman–Crippen MR) is 61.4 cm³/mol. The Morgan fingerprint density at radius 2 is 1.86 bits per heavy atom. The lowest BCUT2D eigenvalue weighted by molar-refractivity contribution is 0.444. The Bertz CT molecular complexity index is 311. The minimum atomic E-state index is 0.726. The lowest BCUT2D eigenvalue weighted by Gasteiger charge is -2.23. The minimum absolute atomic E-state index is 0.726. The highest BCUT2D eigenvalue weighted by Crippen LogP contribution is 2.35. The molecule has 0 spiro atoms. The van der Waals surface area contributed by atoms with E-state index in [0.717, 1.165) is 11.6 Å². The van der Waals surface area contributed by atoms with Crippen molar-refractivity contribution in [1.29, 1.82) is 0 Å². The first-order chi connectivity index (χ1) is 6.77. The maximum atomic E-state index is 6.05. The van der Waals surface area contributed by atoms with Gasteiger partial charge in [-0.3, -0.25) is 0 Å². The van der Waals surface area contributed by atoms with Gasteiger partial charge in [0.15, 0.2) is 0 Å². The maximum Gasteiger partial charge on any atom is 0.0352 e. The quantitative estimate of drug-likeness (QED) is 0.671. The first-order valence-electron chi connectivity index (χ1n) is 5.63. The van der Waals surface area contributed by atoms with Gasteiger partial charge in [-0.15, -0.1) is 0 Å². The molecule has 14 heavy (non-hydrogen) atoms. The number of benzene rings is 1. The maximum absolute atomic E-state index is 6.05. The molecule has 1 heteroatoms. The van der Waals surface area contributed by atoms with E-state index in [1.807, 2.05) is 0 Å². The second-order valence-corrected chi connectivity index (χ2v) is 4.47. The molecule has 0 aliphatic heterocycles. The number of hydrogen-bond donors (Lipinski definition) is 1. The van der Waals surface area contributed by atoms with Crippen LogP contribution >= 0.6 is 0 Å². The predicted octanol–water partition coefficient (Wildman–Crippen LogP) is 3.62. The third kappa shape index (κ3) is 1.92. The van der Waals surface area contributed by atoms with Crippen molar-refractivity contribution in [3.63, 3.8) is 0 Å². The van der Waals surface area contributed by atoms with E-state index < -0.39 is 0 Å². The fraction of sp³-hybridized carbons (Fsp3) is 0.538. The Balaban J connectivity index is 2.22. The molecule has 1 aromatic carbocycles. The van der Waals surface area contributed by atoms with Crippen molar-refractivity contribution < 1.29 is 0 Å². The van der Waals surface area contributed by atoms with Gasteiger partial charge in [0.1, 0.15) is 0 Å². The SMILES string of the molecule is Cc1ccc(C2CCCCC2)c(N)c1. The van der Waals surface area contributed by atoms with Crippen molar-refractivity contribution >= 4 is 5.69 Å². The fourth-order valence-corrected chi connectivity index (χ4v) is 2.48. The molecule has 0 aromatic heterocycles. The first-order valence-corrected chi connectivity index (χ1v) is 5.63. The Hall–Kier alpha value is -0.980. The van der Waals surface area contributed by atoms with E-state index in [0.29, 0.717) is 0 Å². The molecule has 1 aromatic rings. The van der Waals surface area contributed by atoms with Crippen LogP contribution in [0.3, 0.4) is 0 Å². The molecular weight excluding hydrogens is 170 g/mol. The number of hydrogen-bond acceptors (Lipinski definition) is 1. The summed E-state index contributed by atoms with van der Waals surface area (Å²) in [6.45, 7) is 2.10. The van der Waals surface area contributed by atoms with E-state index in [9.17, 15) is 0 Å². The molecule has 0 radical (unpaired) electrons. The number of anilines is 1. The van der Waals surface area contributed by atoms with Crippen LogP contribution in [0.25, 0.3) is 0 Å². The molecule has 0 unspecified atom stereocenters. The standard InChI is InChI=1S/C13H19N/c1-10-7-8-12(13(14)9-10)11-5-3-2-4-6-11/h7-9,11H,2-6,14H2,1H3. The average molecular weight is 189 g/mol. The van der Waals surface area contributed by atoms with Crippen LogP contribution in [0, 0.1) is 6.92 Å². The van der Waals surface area contributed by atoms with Crippen LogP contribution in [-0.4, -0.2) is 0 Å². The molecule has 1 aliphatic rings. The molecule has 2 rings (SSSR count). The van der Waals surface area contributed by atoms with Crippen LogP contribution in [0.15, 0.2) is 18.2 Å². The van der Waals surface area contributed by atoms with Crippen molar-refractivity contribution in [3.8, 4) is 0 Å². The summed E-state index contributed by atoms with van der Waals surface area (Å²) < 4.78 is 0. The van der Waals surface area contributed by atoms with Crippen molar-refractivity contribution in [1.82, 2.24) is 0 Å². The van der Waals surface area contributed by atoms with Crippen LogP contribution in [0.5, 0.6) is 0 Å². The van der Waals surface area contributed by atoms with Gasteiger partial charge in [-0.05, 0) is 42.9 Å². The molecule has 0 atom stereocenters. The van der Waals surface area contributed by atoms with E-state index >= 15 is 0 Å². The third-order valence-electron chi connectivity index (χ3n) is 3.29.